The first-order valence-corrected chi connectivity index (χ1v) is 4.24. The molecule has 1 aromatic heterocycles. The fourth-order valence-corrected chi connectivity index (χ4v) is 1.55. The Labute approximate surface area is 69.4 Å². The molecule has 1 unspecified atom stereocenters. The lowest BCUT2D eigenvalue weighted by Crippen LogP contribution is -1.81. The van der Waals surface area contributed by atoms with Gasteiger partial charge in [-0.1, -0.05) is 6.07 Å². The van der Waals surface area contributed by atoms with E-state index in [1.807, 2.05) is 24.4 Å². The third-order valence-electron chi connectivity index (χ3n) is 1.20. The first-order valence-electron chi connectivity index (χ1n) is 2.95. The zero-order valence-electron chi connectivity index (χ0n) is 5.57. The smallest absolute Gasteiger partial charge is 0.0915 e. The maximum absolute atomic E-state index is 4.49. The summed E-state index contributed by atoms with van der Waals surface area (Å²) in [7, 11) is 0. The van der Waals surface area contributed by atoms with Gasteiger partial charge in [0.2, 0.25) is 0 Å². The van der Waals surface area contributed by atoms with Crippen molar-refractivity contribution in [3.05, 3.63) is 22.4 Å². The van der Waals surface area contributed by atoms with Gasteiger partial charge in [0.15, 0.2) is 0 Å². The summed E-state index contributed by atoms with van der Waals surface area (Å²) in [6.07, 6.45) is 0. The predicted molar refractivity (Wildman–Crippen MR) is 47.8 cm³/mol. The van der Waals surface area contributed by atoms with E-state index in [0.717, 1.165) is 0 Å². The van der Waals surface area contributed by atoms with E-state index in [2.05, 4.69) is 22.4 Å². The summed E-state index contributed by atoms with van der Waals surface area (Å²) >= 11 is 6.18. The normalized spacial score (nSPS) is 12.1. The summed E-state index contributed by atoms with van der Waals surface area (Å²) in [4.78, 5) is 5.18. The molecule has 0 aliphatic rings. The molecule has 1 rings (SSSR count). The van der Waals surface area contributed by atoms with Crippen molar-refractivity contribution >= 4 is 28.7 Å². The Morgan fingerprint density at radius 2 is 2.60 bits per heavy atom. The maximum Gasteiger partial charge on any atom is 0.0915 e. The molecule has 0 saturated carbocycles. The van der Waals surface area contributed by atoms with Crippen molar-refractivity contribution in [2.45, 2.75) is 13.0 Å². The molecule has 1 nitrogen and oxygen atoms in total. The van der Waals surface area contributed by atoms with Crippen LogP contribution in [0.5, 0.6) is 0 Å². The molecule has 0 aliphatic carbocycles. The van der Waals surface area contributed by atoms with E-state index in [1.54, 1.807) is 11.3 Å². The molecule has 10 heavy (non-hydrogen) atoms. The van der Waals surface area contributed by atoms with Crippen LogP contribution in [0, 0.1) is 0 Å². The Morgan fingerprint density at radius 1 is 1.80 bits per heavy atom. The van der Waals surface area contributed by atoms with Crippen molar-refractivity contribution in [3.8, 4) is 0 Å². The van der Waals surface area contributed by atoms with Gasteiger partial charge in [-0.3, -0.25) is 0 Å². The topological polar surface area (TPSA) is 12.4 Å². The Balaban J connectivity index is 2.76. The molecule has 0 radical (unpaired) electrons. The average molecular weight is 169 g/mol. The van der Waals surface area contributed by atoms with E-state index in [9.17, 15) is 0 Å². The van der Waals surface area contributed by atoms with E-state index in [4.69, 9.17) is 0 Å². The molecule has 0 aromatic carbocycles. The molecule has 0 amide bonds. The first-order chi connectivity index (χ1) is 4.84. The molecule has 0 spiro atoms. The summed E-state index contributed by atoms with van der Waals surface area (Å²) in [6.45, 7) is 2.01. The van der Waals surface area contributed by atoms with Crippen LogP contribution in [0.3, 0.4) is 0 Å². The van der Waals surface area contributed by atoms with Crippen molar-refractivity contribution in [1.82, 2.24) is 0 Å². The van der Waals surface area contributed by atoms with Gasteiger partial charge in [0.05, 0.1) is 11.2 Å². The summed E-state index contributed by atoms with van der Waals surface area (Å²) in [6, 6.07) is 4.23. The van der Waals surface area contributed by atoms with Gasteiger partial charge in [-0.2, -0.15) is 0 Å². The SMILES string of the molecule is CC(N=C=S)c1cccs1. The van der Waals surface area contributed by atoms with E-state index >= 15 is 0 Å². The highest BCUT2D eigenvalue weighted by Crippen LogP contribution is 2.20. The summed E-state index contributed by atoms with van der Waals surface area (Å²) < 4.78 is 0. The van der Waals surface area contributed by atoms with Gasteiger partial charge in [0.1, 0.15) is 0 Å². The number of hydrogen-bond donors (Lipinski definition) is 0. The minimum absolute atomic E-state index is 0.178. The van der Waals surface area contributed by atoms with Crippen LogP contribution >= 0.6 is 23.6 Å². The minimum atomic E-state index is 0.178. The lowest BCUT2D eigenvalue weighted by atomic mass is 10.3. The fraction of sp³-hybridized carbons (Fsp3) is 0.286. The van der Waals surface area contributed by atoms with Gasteiger partial charge in [-0.05, 0) is 30.6 Å². The lowest BCUT2D eigenvalue weighted by Gasteiger charge is -1.96. The van der Waals surface area contributed by atoms with E-state index in [-0.39, 0.29) is 6.04 Å². The Kier molecular flexibility index (Phi) is 2.75. The molecule has 1 heterocycles. The Hall–Kier alpha value is -0.500. The van der Waals surface area contributed by atoms with Crippen LogP contribution in [0.2, 0.25) is 0 Å². The molecular formula is C7H7NS2. The molecule has 1 aromatic rings. The summed E-state index contributed by atoms with van der Waals surface area (Å²) in [5, 5.41) is 4.40. The van der Waals surface area contributed by atoms with Crippen molar-refractivity contribution in [1.29, 1.82) is 0 Å². The second-order valence-corrected chi connectivity index (χ2v) is 3.07. The number of rotatable bonds is 2. The van der Waals surface area contributed by atoms with E-state index < -0.39 is 0 Å². The molecule has 0 fully saturated rings. The van der Waals surface area contributed by atoms with Crippen LogP contribution in [0.25, 0.3) is 0 Å². The third-order valence-corrected chi connectivity index (χ3v) is 2.35. The van der Waals surface area contributed by atoms with Crippen LogP contribution in [0.1, 0.15) is 17.8 Å². The zero-order chi connectivity index (χ0) is 7.40. The molecule has 0 N–H and O–H groups in total. The minimum Gasteiger partial charge on any atom is -0.224 e. The number of nitrogens with zero attached hydrogens (tertiary/aromatic N) is 1. The number of isothiocyanates is 1. The quantitative estimate of drug-likeness (QED) is 0.490. The van der Waals surface area contributed by atoms with Crippen molar-refractivity contribution in [3.63, 3.8) is 0 Å². The van der Waals surface area contributed by atoms with Gasteiger partial charge in [0.25, 0.3) is 0 Å². The molecule has 3 heteroatoms. The van der Waals surface area contributed by atoms with Crippen molar-refractivity contribution in [2.75, 3.05) is 0 Å². The largest absolute Gasteiger partial charge is 0.224 e. The number of thiocarbonyl (C=S) groups is 1. The second-order valence-electron chi connectivity index (χ2n) is 1.91. The van der Waals surface area contributed by atoms with Gasteiger partial charge < -0.3 is 0 Å². The standard InChI is InChI=1S/C7H7NS2/c1-6(8-5-9)7-3-2-4-10-7/h2-4,6H,1H3. The van der Waals surface area contributed by atoms with E-state index in [1.165, 1.54) is 4.88 Å². The Morgan fingerprint density at radius 3 is 3.10 bits per heavy atom. The van der Waals surface area contributed by atoms with Crippen LogP contribution in [0.15, 0.2) is 22.5 Å². The fourth-order valence-electron chi connectivity index (χ4n) is 0.672. The molecule has 0 saturated heterocycles. The number of thiophene rings is 1. The molecule has 1 atom stereocenters. The van der Waals surface area contributed by atoms with Gasteiger partial charge in [0, 0.05) is 4.88 Å². The number of hydrogen-bond acceptors (Lipinski definition) is 3. The van der Waals surface area contributed by atoms with Crippen LogP contribution < -0.4 is 0 Å². The van der Waals surface area contributed by atoms with Crippen LogP contribution in [-0.4, -0.2) is 5.16 Å². The average Bonchev–Trinajstić information content (AvgIpc) is 2.38. The van der Waals surface area contributed by atoms with Crippen LogP contribution in [-0.2, 0) is 0 Å². The van der Waals surface area contributed by atoms with Gasteiger partial charge in [-0.25, -0.2) is 4.99 Å². The van der Waals surface area contributed by atoms with Gasteiger partial charge >= 0.3 is 0 Å². The Bertz CT molecular complexity index is 234. The highest BCUT2D eigenvalue weighted by molar-refractivity contribution is 7.78. The predicted octanol–water partition coefficient (Wildman–Crippen LogP) is 2.91. The molecule has 52 valence electrons. The number of aliphatic imine (C=N–C) groups is 1. The molecular weight excluding hydrogens is 162 g/mol. The van der Waals surface area contributed by atoms with E-state index in [0.29, 0.717) is 0 Å². The summed E-state index contributed by atoms with van der Waals surface area (Å²) in [5.41, 5.74) is 0. The van der Waals surface area contributed by atoms with Gasteiger partial charge in [-0.15, -0.1) is 11.3 Å². The zero-order valence-corrected chi connectivity index (χ0v) is 7.21. The van der Waals surface area contributed by atoms with Crippen molar-refractivity contribution in [2.24, 2.45) is 4.99 Å². The molecule has 0 bridgehead atoms. The monoisotopic (exact) mass is 169 g/mol. The molecule has 0 aliphatic heterocycles. The second kappa shape index (κ2) is 3.62. The summed E-state index contributed by atoms with van der Waals surface area (Å²) in [5.74, 6) is 0. The maximum atomic E-state index is 4.49. The first kappa shape index (κ1) is 7.61. The highest BCUT2D eigenvalue weighted by atomic mass is 32.1. The third kappa shape index (κ3) is 1.74. The van der Waals surface area contributed by atoms with Crippen molar-refractivity contribution < 1.29 is 0 Å². The highest BCUT2D eigenvalue weighted by Gasteiger charge is 2.01. The lowest BCUT2D eigenvalue weighted by molar-refractivity contribution is 0.848. The van der Waals surface area contributed by atoms with Crippen LogP contribution in [0.4, 0.5) is 0 Å².